The van der Waals surface area contributed by atoms with Crippen molar-refractivity contribution in [3.8, 4) is 5.75 Å². The number of carboxylic acid groups (broad SMARTS) is 1. The van der Waals surface area contributed by atoms with Crippen molar-refractivity contribution < 1.29 is 39.6 Å². The van der Waals surface area contributed by atoms with E-state index in [9.17, 15) is 30.2 Å². The van der Waals surface area contributed by atoms with Crippen LogP contribution < -0.4 is 4.74 Å². The molecule has 1 aliphatic heterocycles. The number of nitrogens with zero attached hydrogens (tertiary/aromatic N) is 1. The van der Waals surface area contributed by atoms with E-state index in [1.165, 1.54) is 18.2 Å². The summed E-state index contributed by atoms with van der Waals surface area (Å²) in [6.45, 7) is 0. The molecule has 1 saturated heterocycles. The Morgan fingerprint density at radius 2 is 1.82 bits per heavy atom. The standard InChI is InChI=1S/C12H13NO9/c14-7-8(15)10(11(17)18)22-12(9(7)16)21-6-4-2-1-3-5(6)13(19)20/h1-4,7-10,12,14-16H,(H,17,18)/t7-,8-,9+,10-,12-/m1/s1. The number of nitro benzene ring substituents is 1. The third-order valence-electron chi connectivity index (χ3n) is 3.12. The Bertz CT molecular complexity index is 577. The molecule has 0 amide bonds. The third-order valence-corrected chi connectivity index (χ3v) is 3.12. The number of rotatable bonds is 4. The molecule has 5 atom stereocenters. The van der Waals surface area contributed by atoms with Crippen LogP contribution in [0.4, 0.5) is 5.69 Å². The van der Waals surface area contributed by atoms with E-state index < -0.39 is 47.3 Å². The highest BCUT2D eigenvalue weighted by molar-refractivity contribution is 5.73. The van der Waals surface area contributed by atoms with Gasteiger partial charge in [-0.2, -0.15) is 0 Å². The molecule has 0 aromatic heterocycles. The van der Waals surface area contributed by atoms with E-state index >= 15 is 0 Å². The van der Waals surface area contributed by atoms with Crippen LogP contribution >= 0.6 is 0 Å². The molecule has 1 fully saturated rings. The number of hydrogen-bond acceptors (Lipinski definition) is 8. The molecule has 1 aromatic rings. The number of aliphatic hydroxyl groups excluding tert-OH is 3. The Morgan fingerprint density at radius 3 is 2.41 bits per heavy atom. The van der Waals surface area contributed by atoms with Gasteiger partial charge in [-0.05, 0) is 6.07 Å². The summed E-state index contributed by atoms with van der Waals surface area (Å²) in [7, 11) is 0. The van der Waals surface area contributed by atoms with Gasteiger partial charge in [-0.15, -0.1) is 0 Å². The van der Waals surface area contributed by atoms with Gasteiger partial charge in [0.15, 0.2) is 11.9 Å². The number of carbonyl (C=O) groups is 1. The van der Waals surface area contributed by atoms with E-state index in [2.05, 4.69) is 0 Å². The minimum atomic E-state index is -1.86. The monoisotopic (exact) mass is 315 g/mol. The molecule has 10 nitrogen and oxygen atoms in total. The van der Waals surface area contributed by atoms with E-state index in [1.54, 1.807) is 0 Å². The van der Waals surface area contributed by atoms with Crippen LogP contribution in [0.25, 0.3) is 0 Å². The number of aliphatic hydroxyl groups is 3. The van der Waals surface area contributed by atoms with Gasteiger partial charge in [-0.1, -0.05) is 12.1 Å². The van der Waals surface area contributed by atoms with Gasteiger partial charge in [-0.3, -0.25) is 10.1 Å². The molecule has 1 aromatic carbocycles. The Morgan fingerprint density at radius 1 is 1.18 bits per heavy atom. The lowest BCUT2D eigenvalue weighted by Gasteiger charge is -2.38. The number of para-hydroxylation sites is 2. The molecule has 2 rings (SSSR count). The summed E-state index contributed by atoms with van der Waals surface area (Å²) in [5, 5.41) is 48.7. The first-order valence-corrected chi connectivity index (χ1v) is 6.15. The number of carboxylic acids is 1. The summed E-state index contributed by atoms with van der Waals surface area (Å²) < 4.78 is 9.99. The summed E-state index contributed by atoms with van der Waals surface area (Å²) in [5.41, 5.74) is -0.425. The number of benzene rings is 1. The first-order chi connectivity index (χ1) is 10.3. The van der Waals surface area contributed by atoms with Crippen molar-refractivity contribution in [2.75, 3.05) is 0 Å². The zero-order chi connectivity index (χ0) is 16.4. The minimum absolute atomic E-state index is 0.274. The van der Waals surface area contributed by atoms with Crippen LogP contribution in [-0.2, 0) is 9.53 Å². The van der Waals surface area contributed by atoms with E-state index in [4.69, 9.17) is 14.6 Å². The molecular formula is C12H13NO9. The van der Waals surface area contributed by atoms with E-state index in [0.29, 0.717) is 0 Å². The van der Waals surface area contributed by atoms with Crippen LogP contribution in [0, 0.1) is 10.1 Å². The summed E-state index contributed by atoms with van der Waals surface area (Å²) in [5.74, 6) is -1.85. The molecule has 1 heterocycles. The maximum atomic E-state index is 10.9. The second-order valence-corrected chi connectivity index (χ2v) is 4.58. The topological polar surface area (TPSA) is 160 Å². The lowest BCUT2D eigenvalue weighted by atomic mass is 9.99. The van der Waals surface area contributed by atoms with Crippen LogP contribution in [0.3, 0.4) is 0 Å². The summed E-state index contributed by atoms with van der Waals surface area (Å²) in [6, 6.07) is 5.19. The Balaban J connectivity index is 2.25. The van der Waals surface area contributed by atoms with Crippen molar-refractivity contribution in [3.63, 3.8) is 0 Å². The Hall–Kier alpha value is -2.27. The van der Waals surface area contributed by atoms with Crippen LogP contribution in [-0.4, -0.2) is 62.0 Å². The highest BCUT2D eigenvalue weighted by Crippen LogP contribution is 2.30. The van der Waals surface area contributed by atoms with Crippen LogP contribution in [0.15, 0.2) is 24.3 Å². The van der Waals surface area contributed by atoms with Crippen molar-refractivity contribution in [3.05, 3.63) is 34.4 Å². The number of nitro groups is 1. The SMILES string of the molecule is O=C(O)[C@@H]1O[C@@H](Oc2ccccc2[N+](=O)[O-])[C@@H](O)[C@H](O)[C@H]1O. The van der Waals surface area contributed by atoms with E-state index in [0.717, 1.165) is 6.07 Å². The van der Waals surface area contributed by atoms with Gasteiger partial charge < -0.3 is 29.9 Å². The van der Waals surface area contributed by atoms with Crippen LogP contribution in [0.1, 0.15) is 0 Å². The predicted octanol–water partition coefficient (Wildman–Crippen LogP) is -1.13. The molecular weight excluding hydrogens is 302 g/mol. The van der Waals surface area contributed by atoms with Gasteiger partial charge in [0.2, 0.25) is 6.29 Å². The van der Waals surface area contributed by atoms with Gasteiger partial charge in [0.25, 0.3) is 0 Å². The molecule has 0 bridgehead atoms. The number of hydrogen-bond donors (Lipinski definition) is 4. The van der Waals surface area contributed by atoms with Crippen LogP contribution in [0.2, 0.25) is 0 Å². The Labute approximate surface area is 123 Å². The normalized spacial score (nSPS) is 31.5. The maximum absolute atomic E-state index is 10.9. The van der Waals surface area contributed by atoms with Crippen molar-refractivity contribution >= 4 is 11.7 Å². The van der Waals surface area contributed by atoms with Crippen molar-refractivity contribution in [1.29, 1.82) is 0 Å². The molecule has 4 N–H and O–H groups in total. The minimum Gasteiger partial charge on any atom is -0.479 e. The first-order valence-electron chi connectivity index (χ1n) is 6.15. The largest absolute Gasteiger partial charge is 0.479 e. The van der Waals surface area contributed by atoms with E-state index in [1.807, 2.05) is 0 Å². The van der Waals surface area contributed by atoms with Crippen molar-refractivity contribution in [1.82, 2.24) is 0 Å². The lowest BCUT2D eigenvalue weighted by Crippen LogP contribution is -2.61. The molecule has 0 aliphatic carbocycles. The fourth-order valence-electron chi connectivity index (χ4n) is 1.98. The number of aliphatic carboxylic acids is 1. The average Bonchev–Trinajstić information content (AvgIpc) is 2.47. The second-order valence-electron chi connectivity index (χ2n) is 4.58. The van der Waals surface area contributed by atoms with Gasteiger partial charge in [0, 0.05) is 6.07 Å². The smallest absolute Gasteiger partial charge is 0.335 e. The fourth-order valence-corrected chi connectivity index (χ4v) is 1.98. The zero-order valence-corrected chi connectivity index (χ0v) is 11.0. The molecule has 0 radical (unpaired) electrons. The molecule has 0 saturated carbocycles. The summed E-state index contributed by atoms with van der Waals surface area (Å²) in [6.07, 6.45) is -9.03. The predicted molar refractivity (Wildman–Crippen MR) is 68.0 cm³/mol. The van der Waals surface area contributed by atoms with Gasteiger partial charge in [-0.25, -0.2) is 4.79 Å². The highest BCUT2D eigenvalue weighted by atomic mass is 16.7. The van der Waals surface area contributed by atoms with Crippen molar-refractivity contribution in [2.24, 2.45) is 0 Å². The maximum Gasteiger partial charge on any atom is 0.335 e. The zero-order valence-electron chi connectivity index (χ0n) is 11.0. The molecule has 0 spiro atoms. The molecule has 10 heteroatoms. The average molecular weight is 315 g/mol. The first kappa shape index (κ1) is 16.1. The summed E-state index contributed by atoms with van der Waals surface area (Å²) >= 11 is 0. The second kappa shape index (κ2) is 6.23. The van der Waals surface area contributed by atoms with Gasteiger partial charge in [0.1, 0.15) is 18.3 Å². The quantitative estimate of drug-likeness (QED) is 0.398. The fraction of sp³-hybridized carbons (Fsp3) is 0.417. The third kappa shape index (κ3) is 2.99. The molecule has 0 unspecified atom stereocenters. The Kier molecular flexibility index (Phi) is 4.56. The number of ether oxygens (including phenoxy) is 2. The molecule has 120 valence electrons. The van der Waals surface area contributed by atoms with Crippen molar-refractivity contribution in [2.45, 2.75) is 30.7 Å². The molecule has 1 aliphatic rings. The van der Waals surface area contributed by atoms with Gasteiger partial charge in [0.05, 0.1) is 4.92 Å². The highest BCUT2D eigenvalue weighted by Gasteiger charge is 2.48. The summed E-state index contributed by atoms with van der Waals surface area (Å²) in [4.78, 5) is 21.1. The van der Waals surface area contributed by atoms with E-state index in [-0.39, 0.29) is 5.75 Å². The lowest BCUT2D eigenvalue weighted by molar-refractivity contribution is -0.387. The van der Waals surface area contributed by atoms with Crippen LogP contribution in [0.5, 0.6) is 5.75 Å². The van der Waals surface area contributed by atoms with Gasteiger partial charge >= 0.3 is 11.7 Å². The molecule has 22 heavy (non-hydrogen) atoms.